The summed E-state index contributed by atoms with van der Waals surface area (Å²) >= 11 is 0. The zero-order valence-electron chi connectivity index (χ0n) is 12.9. The highest BCUT2D eigenvalue weighted by Gasteiger charge is 2.34. The lowest BCUT2D eigenvalue weighted by Gasteiger charge is -2.35. The van der Waals surface area contributed by atoms with Gasteiger partial charge in [-0.1, -0.05) is 0 Å². The SMILES string of the molecule is COC(=O)C[C@@H]1C(=O)NCCN1C(=O)CCN1CCCCO1. The molecule has 0 aliphatic carbocycles. The standard InChI is InChI=1S/C14H23N3O5/c1-21-13(19)10-11-14(20)15-5-8-17(11)12(18)4-7-16-6-2-3-9-22-16/h11H,2-10H2,1H3,(H,15,20)/t11-/m1/s1. The topological polar surface area (TPSA) is 88.2 Å². The van der Waals surface area contributed by atoms with E-state index >= 15 is 0 Å². The Morgan fingerprint density at radius 3 is 2.86 bits per heavy atom. The van der Waals surface area contributed by atoms with E-state index < -0.39 is 12.0 Å². The number of rotatable bonds is 5. The minimum absolute atomic E-state index is 0.117. The van der Waals surface area contributed by atoms with Crippen molar-refractivity contribution >= 4 is 17.8 Å². The van der Waals surface area contributed by atoms with Crippen LogP contribution in [-0.2, 0) is 24.0 Å². The van der Waals surface area contributed by atoms with E-state index in [1.165, 1.54) is 12.0 Å². The van der Waals surface area contributed by atoms with Crippen LogP contribution in [0.3, 0.4) is 0 Å². The molecule has 1 N–H and O–H groups in total. The summed E-state index contributed by atoms with van der Waals surface area (Å²) in [6, 6.07) is -0.782. The van der Waals surface area contributed by atoms with Crippen LogP contribution in [0.2, 0.25) is 0 Å². The van der Waals surface area contributed by atoms with Crippen molar-refractivity contribution in [2.75, 3.05) is 39.9 Å². The van der Waals surface area contributed by atoms with Crippen LogP contribution in [0.25, 0.3) is 0 Å². The summed E-state index contributed by atoms with van der Waals surface area (Å²) in [5.74, 6) is -0.948. The van der Waals surface area contributed by atoms with E-state index in [0.717, 1.165) is 19.4 Å². The zero-order valence-corrected chi connectivity index (χ0v) is 12.9. The third-order valence-electron chi connectivity index (χ3n) is 3.89. The Hall–Kier alpha value is -1.67. The van der Waals surface area contributed by atoms with Gasteiger partial charge in [-0.05, 0) is 12.8 Å². The Labute approximate surface area is 129 Å². The van der Waals surface area contributed by atoms with Gasteiger partial charge in [-0.15, -0.1) is 0 Å². The number of nitrogens with zero attached hydrogens (tertiary/aromatic N) is 2. The largest absolute Gasteiger partial charge is 0.469 e. The van der Waals surface area contributed by atoms with Crippen molar-refractivity contribution in [3.63, 3.8) is 0 Å². The van der Waals surface area contributed by atoms with Gasteiger partial charge in [0.1, 0.15) is 6.04 Å². The van der Waals surface area contributed by atoms with Crippen LogP contribution in [0.15, 0.2) is 0 Å². The van der Waals surface area contributed by atoms with Gasteiger partial charge in [0.05, 0.1) is 20.1 Å². The first-order chi connectivity index (χ1) is 10.6. The highest BCUT2D eigenvalue weighted by Crippen LogP contribution is 2.13. The van der Waals surface area contributed by atoms with E-state index in [1.807, 2.05) is 0 Å². The highest BCUT2D eigenvalue weighted by molar-refractivity contribution is 5.91. The second kappa shape index (κ2) is 8.09. The summed E-state index contributed by atoms with van der Waals surface area (Å²) in [5.41, 5.74) is 0. The van der Waals surface area contributed by atoms with Gasteiger partial charge in [0, 0.05) is 32.6 Å². The van der Waals surface area contributed by atoms with Gasteiger partial charge in [0.25, 0.3) is 0 Å². The maximum Gasteiger partial charge on any atom is 0.308 e. The molecule has 2 aliphatic heterocycles. The number of methoxy groups -OCH3 is 1. The van der Waals surface area contributed by atoms with Crippen molar-refractivity contribution < 1.29 is 24.0 Å². The lowest BCUT2D eigenvalue weighted by atomic mass is 10.1. The Balaban J connectivity index is 1.89. The number of hydrogen-bond acceptors (Lipinski definition) is 6. The van der Waals surface area contributed by atoms with Gasteiger partial charge < -0.3 is 15.0 Å². The molecule has 2 heterocycles. The number of amides is 2. The molecule has 0 spiro atoms. The van der Waals surface area contributed by atoms with Gasteiger partial charge in [0.2, 0.25) is 11.8 Å². The lowest BCUT2D eigenvalue weighted by Crippen LogP contribution is -2.58. The van der Waals surface area contributed by atoms with Crippen LogP contribution in [0.4, 0.5) is 0 Å². The number of piperazine rings is 1. The smallest absolute Gasteiger partial charge is 0.308 e. The minimum atomic E-state index is -0.782. The van der Waals surface area contributed by atoms with E-state index in [9.17, 15) is 14.4 Å². The minimum Gasteiger partial charge on any atom is -0.469 e. The molecule has 0 bridgehead atoms. The second-order valence-electron chi connectivity index (χ2n) is 5.39. The summed E-state index contributed by atoms with van der Waals surface area (Å²) in [7, 11) is 1.27. The van der Waals surface area contributed by atoms with Crippen LogP contribution in [-0.4, -0.2) is 73.7 Å². The third kappa shape index (κ3) is 4.41. The molecule has 2 amide bonds. The molecule has 0 aromatic heterocycles. The fourth-order valence-corrected chi connectivity index (χ4v) is 2.65. The quantitative estimate of drug-likeness (QED) is 0.675. The van der Waals surface area contributed by atoms with E-state index in [4.69, 9.17) is 4.84 Å². The number of hydroxylamine groups is 2. The number of esters is 1. The molecule has 1 atom stereocenters. The number of carbonyl (C=O) groups is 3. The van der Waals surface area contributed by atoms with Gasteiger partial charge in [-0.3, -0.25) is 19.2 Å². The molecule has 2 saturated heterocycles. The third-order valence-corrected chi connectivity index (χ3v) is 3.89. The van der Waals surface area contributed by atoms with Gasteiger partial charge in [-0.2, -0.15) is 5.06 Å². The normalized spacial score (nSPS) is 23.0. The first kappa shape index (κ1) is 16.7. The second-order valence-corrected chi connectivity index (χ2v) is 5.39. The molecule has 22 heavy (non-hydrogen) atoms. The number of nitrogens with one attached hydrogen (secondary N) is 1. The molecule has 2 aliphatic rings. The summed E-state index contributed by atoms with van der Waals surface area (Å²) in [6.45, 7) is 2.82. The first-order valence-electron chi connectivity index (χ1n) is 7.63. The monoisotopic (exact) mass is 313 g/mol. The summed E-state index contributed by atoms with van der Waals surface area (Å²) < 4.78 is 4.60. The van der Waals surface area contributed by atoms with E-state index in [0.29, 0.717) is 26.2 Å². The van der Waals surface area contributed by atoms with Crippen molar-refractivity contribution in [3.8, 4) is 0 Å². The van der Waals surface area contributed by atoms with Gasteiger partial charge in [-0.25, -0.2) is 0 Å². The molecular formula is C14H23N3O5. The Morgan fingerprint density at radius 2 is 2.18 bits per heavy atom. The maximum absolute atomic E-state index is 12.4. The number of carbonyl (C=O) groups excluding carboxylic acids is 3. The van der Waals surface area contributed by atoms with Crippen LogP contribution >= 0.6 is 0 Å². The average molecular weight is 313 g/mol. The van der Waals surface area contributed by atoms with E-state index in [2.05, 4.69) is 10.1 Å². The van der Waals surface area contributed by atoms with E-state index in [1.54, 1.807) is 5.06 Å². The van der Waals surface area contributed by atoms with Crippen molar-refractivity contribution in [1.82, 2.24) is 15.3 Å². The zero-order chi connectivity index (χ0) is 15.9. The number of hydrogen-bond donors (Lipinski definition) is 1. The predicted octanol–water partition coefficient (Wildman–Crippen LogP) is -0.706. The molecule has 2 rings (SSSR count). The van der Waals surface area contributed by atoms with Crippen molar-refractivity contribution in [2.24, 2.45) is 0 Å². The van der Waals surface area contributed by atoms with Crippen molar-refractivity contribution in [2.45, 2.75) is 31.7 Å². The molecule has 8 nitrogen and oxygen atoms in total. The average Bonchev–Trinajstić information content (AvgIpc) is 2.55. The van der Waals surface area contributed by atoms with Crippen LogP contribution < -0.4 is 5.32 Å². The van der Waals surface area contributed by atoms with Gasteiger partial charge >= 0.3 is 5.97 Å². The summed E-state index contributed by atoms with van der Waals surface area (Å²) in [6.07, 6.45) is 2.25. The fraction of sp³-hybridized carbons (Fsp3) is 0.786. The lowest BCUT2D eigenvalue weighted by molar-refractivity contribution is -0.183. The Kier molecular flexibility index (Phi) is 6.14. The Morgan fingerprint density at radius 1 is 1.36 bits per heavy atom. The maximum atomic E-state index is 12.4. The van der Waals surface area contributed by atoms with Crippen LogP contribution in [0, 0.1) is 0 Å². The molecule has 2 fully saturated rings. The van der Waals surface area contributed by atoms with Crippen molar-refractivity contribution in [1.29, 1.82) is 0 Å². The highest BCUT2D eigenvalue weighted by atomic mass is 16.7. The molecule has 0 aromatic rings. The predicted molar refractivity (Wildman–Crippen MR) is 76.5 cm³/mol. The molecular weight excluding hydrogens is 290 g/mol. The molecule has 8 heteroatoms. The van der Waals surface area contributed by atoms with E-state index in [-0.39, 0.29) is 24.7 Å². The van der Waals surface area contributed by atoms with Gasteiger partial charge in [0.15, 0.2) is 0 Å². The molecule has 0 aromatic carbocycles. The van der Waals surface area contributed by atoms with Crippen molar-refractivity contribution in [3.05, 3.63) is 0 Å². The fourth-order valence-electron chi connectivity index (χ4n) is 2.65. The number of ether oxygens (including phenoxy) is 1. The summed E-state index contributed by atoms with van der Waals surface area (Å²) in [5, 5.41) is 4.47. The molecule has 0 saturated carbocycles. The molecule has 0 unspecified atom stereocenters. The first-order valence-corrected chi connectivity index (χ1v) is 7.63. The van der Waals surface area contributed by atoms with Crippen LogP contribution in [0.1, 0.15) is 25.7 Å². The van der Waals surface area contributed by atoms with Crippen LogP contribution in [0.5, 0.6) is 0 Å². The Bertz CT molecular complexity index is 423. The summed E-state index contributed by atoms with van der Waals surface area (Å²) in [4.78, 5) is 42.7. The molecule has 124 valence electrons. The molecule has 0 radical (unpaired) electrons.